The van der Waals surface area contributed by atoms with E-state index in [2.05, 4.69) is 19.9 Å². The fourth-order valence-corrected chi connectivity index (χ4v) is 4.33. The first kappa shape index (κ1) is 20.6. The lowest BCUT2D eigenvalue weighted by Crippen LogP contribution is -2.40. The number of pyridine rings is 1. The maximum absolute atomic E-state index is 12.7. The van der Waals surface area contributed by atoms with Crippen LogP contribution in [0.1, 0.15) is 44.6 Å². The van der Waals surface area contributed by atoms with Gasteiger partial charge in [0, 0.05) is 43.3 Å². The standard InChI is InChI=1S/C20H24F3N5O2/c21-20(22,23)7-2-1-3-9-27-10-5-13(6-11-27)28-16-14-4-8-24-17(14)25-12-15(16)18(29)26-19(28)30/h4,8,12-13H,1-3,5-7,9-11H2,(H,24,25)(H,26,29,30). The number of hydrogen-bond donors (Lipinski definition) is 2. The van der Waals surface area contributed by atoms with Crippen LogP contribution in [0.3, 0.4) is 0 Å². The van der Waals surface area contributed by atoms with Crippen molar-refractivity contribution in [3.63, 3.8) is 0 Å². The van der Waals surface area contributed by atoms with Crippen LogP contribution in [0.5, 0.6) is 0 Å². The van der Waals surface area contributed by atoms with E-state index < -0.39 is 23.8 Å². The van der Waals surface area contributed by atoms with Crippen molar-refractivity contribution in [3.8, 4) is 0 Å². The molecule has 7 nitrogen and oxygen atoms in total. The monoisotopic (exact) mass is 423 g/mol. The molecular formula is C20H24F3N5O2. The summed E-state index contributed by atoms with van der Waals surface area (Å²) >= 11 is 0. The summed E-state index contributed by atoms with van der Waals surface area (Å²) in [7, 11) is 0. The Morgan fingerprint density at radius 2 is 1.87 bits per heavy atom. The molecule has 4 rings (SSSR count). The van der Waals surface area contributed by atoms with Gasteiger partial charge in [-0.2, -0.15) is 13.2 Å². The number of nitrogens with zero attached hydrogens (tertiary/aromatic N) is 3. The summed E-state index contributed by atoms with van der Waals surface area (Å²) in [4.78, 5) is 36.9. The molecule has 0 radical (unpaired) electrons. The summed E-state index contributed by atoms with van der Waals surface area (Å²) in [5.41, 5.74) is 0.350. The summed E-state index contributed by atoms with van der Waals surface area (Å²) < 4.78 is 38.3. The second-order valence-electron chi connectivity index (χ2n) is 7.89. The number of likely N-dealkylation sites (tertiary alicyclic amines) is 1. The number of alkyl halides is 3. The van der Waals surface area contributed by atoms with Gasteiger partial charge in [0.1, 0.15) is 5.65 Å². The van der Waals surface area contributed by atoms with Crippen molar-refractivity contribution in [2.45, 2.75) is 50.7 Å². The molecule has 2 N–H and O–H groups in total. The van der Waals surface area contributed by atoms with Crippen LogP contribution < -0.4 is 11.2 Å². The topological polar surface area (TPSA) is 86.8 Å². The highest BCUT2D eigenvalue weighted by Gasteiger charge is 2.26. The molecule has 0 spiro atoms. The first-order valence-corrected chi connectivity index (χ1v) is 10.2. The Morgan fingerprint density at radius 3 is 2.60 bits per heavy atom. The van der Waals surface area contributed by atoms with Gasteiger partial charge in [-0.1, -0.05) is 6.42 Å². The normalized spacial score (nSPS) is 16.6. The van der Waals surface area contributed by atoms with E-state index in [9.17, 15) is 22.8 Å². The summed E-state index contributed by atoms with van der Waals surface area (Å²) in [5.74, 6) is 0. The minimum atomic E-state index is -4.08. The van der Waals surface area contributed by atoms with E-state index in [0.29, 0.717) is 23.0 Å². The molecule has 1 aliphatic heterocycles. The predicted octanol–water partition coefficient (Wildman–Crippen LogP) is 3.33. The maximum Gasteiger partial charge on any atom is 0.389 e. The van der Waals surface area contributed by atoms with E-state index >= 15 is 0 Å². The average molecular weight is 423 g/mol. The van der Waals surface area contributed by atoms with Crippen LogP contribution >= 0.6 is 0 Å². The van der Waals surface area contributed by atoms with Gasteiger partial charge in [-0.25, -0.2) is 9.78 Å². The number of piperidine rings is 1. The van der Waals surface area contributed by atoms with E-state index in [0.717, 1.165) is 44.3 Å². The zero-order valence-corrected chi connectivity index (χ0v) is 16.5. The van der Waals surface area contributed by atoms with Crippen molar-refractivity contribution in [2.75, 3.05) is 19.6 Å². The first-order chi connectivity index (χ1) is 14.3. The number of fused-ring (bicyclic) bond motifs is 3. The Morgan fingerprint density at radius 1 is 1.10 bits per heavy atom. The van der Waals surface area contributed by atoms with E-state index in [1.807, 2.05) is 6.07 Å². The van der Waals surface area contributed by atoms with Gasteiger partial charge in [0.15, 0.2) is 0 Å². The first-order valence-electron chi connectivity index (χ1n) is 10.2. The number of halogens is 3. The number of hydrogen-bond acceptors (Lipinski definition) is 4. The molecule has 30 heavy (non-hydrogen) atoms. The van der Waals surface area contributed by atoms with Crippen LogP contribution in [0.15, 0.2) is 28.0 Å². The van der Waals surface area contributed by atoms with Crippen LogP contribution in [0.25, 0.3) is 21.9 Å². The predicted molar refractivity (Wildman–Crippen MR) is 108 cm³/mol. The fourth-order valence-electron chi connectivity index (χ4n) is 4.33. The summed E-state index contributed by atoms with van der Waals surface area (Å²) in [6, 6.07) is 1.76. The summed E-state index contributed by atoms with van der Waals surface area (Å²) in [6.07, 6.45) is 1.34. The number of aromatic nitrogens is 4. The van der Waals surface area contributed by atoms with Gasteiger partial charge in [-0.3, -0.25) is 14.3 Å². The Bertz CT molecular complexity index is 1140. The number of aromatic amines is 2. The minimum absolute atomic E-state index is 0.0566. The number of rotatable bonds is 6. The largest absolute Gasteiger partial charge is 0.389 e. The molecule has 0 aromatic carbocycles. The van der Waals surface area contributed by atoms with Crippen LogP contribution in [0.4, 0.5) is 13.2 Å². The highest BCUT2D eigenvalue weighted by molar-refractivity contribution is 6.01. The molecule has 0 bridgehead atoms. The third-order valence-corrected chi connectivity index (χ3v) is 5.84. The van der Waals surface area contributed by atoms with Crippen molar-refractivity contribution in [3.05, 3.63) is 39.3 Å². The Balaban J connectivity index is 1.46. The van der Waals surface area contributed by atoms with Gasteiger partial charge in [0.2, 0.25) is 0 Å². The minimum Gasteiger partial charge on any atom is -0.346 e. The van der Waals surface area contributed by atoms with Gasteiger partial charge in [0.05, 0.1) is 10.9 Å². The van der Waals surface area contributed by atoms with Crippen molar-refractivity contribution in [2.24, 2.45) is 0 Å². The van der Waals surface area contributed by atoms with Crippen molar-refractivity contribution < 1.29 is 13.2 Å². The molecule has 0 unspecified atom stereocenters. The van der Waals surface area contributed by atoms with Crippen LogP contribution in [0, 0.1) is 0 Å². The van der Waals surface area contributed by atoms with Gasteiger partial charge >= 0.3 is 11.9 Å². The highest BCUT2D eigenvalue weighted by Crippen LogP contribution is 2.28. The zero-order valence-electron chi connectivity index (χ0n) is 16.5. The molecular weight excluding hydrogens is 399 g/mol. The molecule has 1 saturated heterocycles. The van der Waals surface area contributed by atoms with Crippen LogP contribution in [-0.2, 0) is 0 Å². The molecule has 4 heterocycles. The second kappa shape index (κ2) is 8.25. The van der Waals surface area contributed by atoms with Gasteiger partial charge in [-0.15, -0.1) is 0 Å². The molecule has 0 aliphatic carbocycles. The molecule has 1 aliphatic rings. The van der Waals surface area contributed by atoms with Crippen LogP contribution in [0.2, 0.25) is 0 Å². The lowest BCUT2D eigenvalue weighted by molar-refractivity contribution is -0.135. The van der Waals surface area contributed by atoms with E-state index in [1.165, 1.54) is 6.20 Å². The summed E-state index contributed by atoms with van der Waals surface area (Å²) in [6.45, 7) is 2.29. The number of unbranched alkanes of at least 4 members (excludes halogenated alkanes) is 2. The fraction of sp³-hybridized carbons (Fsp3) is 0.550. The molecule has 162 valence electrons. The van der Waals surface area contributed by atoms with E-state index in [-0.39, 0.29) is 12.5 Å². The lowest BCUT2D eigenvalue weighted by Gasteiger charge is -2.33. The van der Waals surface area contributed by atoms with Crippen molar-refractivity contribution >= 4 is 21.9 Å². The Kier molecular flexibility index (Phi) is 5.68. The number of H-pyrrole nitrogens is 2. The molecule has 3 aromatic heterocycles. The maximum atomic E-state index is 12.7. The zero-order chi connectivity index (χ0) is 21.3. The molecule has 1 fully saturated rings. The average Bonchev–Trinajstić information content (AvgIpc) is 3.17. The molecule has 0 atom stereocenters. The molecule has 0 saturated carbocycles. The van der Waals surface area contributed by atoms with Gasteiger partial charge < -0.3 is 9.88 Å². The van der Waals surface area contributed by atoms with E-state index in [1.54, 1.807) is 10.8 Å². The van der Waals surface area contributed by atoms with E-state index in [4.69, 9.17) is 0 Å². The second-order valence-corrected chi connectivity index (χ2v) is 7.89. The van der Waals surface area contributed by atoms with Crippen molar-refractivity contribution in [1.82, 2.24) is 24.4 Å². The lowest BCUT2D eigenvalue weighted by atomic mass is 10.0. The number of nitrogens with one attached hydrogen (secondary N) is 2. The Hall–Kier alpha value is -2.62. The molecule has 10 heteroatoms. The quantitative estimate of drug-likeness (QED) is 0.596. The smallest absolute Gasteiger partial charge is 0.346 e. The molecule has 0 amide bonds. The van der Waals surface area contributed by atoms with Gasteiger partial charge in [-0.05, 0) is 38.3 Å². The SMILES string of the molecule is O=c1[nH]c(=O)n(C2CCN(CCCCCC(F)(F)F)CC2)c2c1cnc1[nH]ccc12. The Labute approximate surface area is 169 Å². The van der Waals surface area contributed by atoms with Crippen molar-refractivity contribution in [1.29, 1.82) is 0 Å². The molecule has 3 aromatic rings. The highest BCUT2D eigenvalue weighted by atomic mass is 19.4. The van der Waals surface area contributed by atoms with Crippen LogP contribution in [-0.4, -0.2) is 50.2 Å². The van der Waals surface area contributed by atoms with Gasteiger partial charge in [0.25, 0.3) is 5.56 Å². The third-order valence-electron chi connectivity index (χ3n) is 5.84. The summed E-state index contributed by atoms with van der Waals surface area (Å²) in [5, 5.41) is 1.12. The third kappa shape index (κ3) is 4.28.